The number of terminal acetylenes is 1. The predicted octanol–water partition coefficient (Wildman–Crippen LogP) is 0.437. The van der Waals surface area contributed by atoms with Gasteiger partial charge in [-0.15, -0.1) is 6.42 Å². The molecule has 1 rings (SSSR count). The first-order valence-electron chi connectivity index (χ1n) is 4.60. The fourth-order valence-electron chi connectivity index (χ4n) is 1.72. The van der Waals surface area contributed by atoms with Crippen LogP contribution >= 0.6 is 0 Å². The lowest BCUT2D eigenvalue weighted by Gasteiger charge is -2.35. The van der Waals surface area contributed by atoms with Gasteiger partial charge >= 0.3 is 0 Å². The van der Waals surface area contributed by atoms with Crippen LogP contribution < -0.4 is 0 Å². The van der Waals surface area contributed by atoms with Crippen molar-refractivity contribution in [2.24, 2.45) is 0 Å². The summed E-state index contributed by atoms with van der Waals surface area (Å²) in [5.74, 6) is 2.60. The Labute approximate surface area is 79.7 Å². The van der Waals surface area contributed by atoms with Crippen molar-refractivity contribution >= 4 is 0 Å². The van der Waals surface area contributed by atoms with Gasteiger partial charge < -0.3 is 9.84 Å². The molecule has 0 saturated carbocycles. The number of rotatable bonds is 2. The highest BCUT2D eigenvalue weighted by molar-refractivity contribution is 4.90. The number of hydrogen-bond acceptors (Lipinski definition) is 3. The van der Waals surface area contributed by atoms with Crippen LogP contribution in [0.25, 0.3) is 0 Å². The zero-order valence-electron chi connectivity index (χ0n) is 8.23. The van der Waals surface area contributed by atoms with Crippen LogP contribution in [-0.4, -0.2) is 42.0 Å². The number of aliphatic hydroxyl groups excluding tert-OH is 1. The van der Waals surface area contributed by atoms with Crippen molar-refractivity contribution in [1.82, 2.24) is 4.90 Å². The van der Waals surface area contributed by atoms with Gasteiger partial charge in [-0.3, -0.25) is 4.90 Å². The maximum atomic E-state index is 9.37. The van der Waals surface area contributed by atoms with Crippen molar-refractivity contribution in [1.29, 1.82) is 0 Å². The van der Waals surface area contributed by atoms with E-state index in [9.17, 15) is 5.11 Å². The molecule has 0 aromatic heterocycles. The van der Waals surface area contributed by atoms with Crippen LogP contribution in [0.15, 0.2) is 0 Å². The first-order valence-corrected chi connectivity index (χ1v) is 4.60. The van der Waals surface area contributed by atoms with E-state index in [0.29, 0.717) is 19.0 Å². The van der Waals surface area contributed by atoms with E-state index in [4.69, 9.17) is 11.2 Å². The van der Waals surface area contributed by atoms with Crippen LogP contribution in [0, 0.1) is 12.3 Å². The standard InChI is InChI=1S/C10H17NO2/c1-4-5-11(3)9-6-8(2)13-10(12)7-9/h1,8-10,12H,5-7H2,2-3H3. The molecular weight excluding hydrogens is 166 g/mol. The van der Waals surface area contributed by atoms with E-state index in [1.165, 1.54) is 0 Å². The Balaban J connectivity index is 2.45. The molecule has 0 aliphatic carbocycles. The number of nitrogens with zero attached hydrogens (tertiary/aromatic N) is 1. The molecule has 0 spiro atoms. The van der Waals surface area contributed by atoms with E-state index in [1.54, 1.807) is 0 Å². The molecule has 1 aliphatic heterocycles. The summed E-state index contributed by atoms with van der Waals surface area (Å²) in [7, 11) is 1.98. The minimum absolute atomic E-state index is 0.119. The van der Waals surface area contributed by atoms with Crippen molar-refractivity contribution in [3.63, 3.8) is 0 Å². The van der Waals surface area contributed by atoms with Gasteiger partial charge in [0.1, 0.15) is 0 Å². The van der Waals surface area contributed by atoms with Gasteiger partial charge in [-0.1, -0.05) is 5.92 Å². The summed E-state index contributed by atoms with van der Waals surface area (Å²) in [4.78, 5) is 2.09. The molecule has 0 aromatic rings. The summed E-state index contributed by atoms with van der Waals surface area (Å²) < 4.78 is 5.22. The van der Waals surface area contributed by atoms with Crippen molar-refractivity contribution < 1.29 is 9.84 Å². The average Bonchev–Trinajstić information content (AvgIpc) is 2.03. The van der Waals surface area contributed by atoms with E-state index < -0.39 is 6.29 Å². The maximum Gasteiger partial charge on any atom is 0.156 e. The summed E-state index contributed by atoms with van der Waals surface area (Å²) in [6.45, 7) is 2.60. The van der Waals surface area contributed by atoms with Crippen LogP contribution in [0.2, 0.25) is 0 Å². The number of hydrogen-bond donors (Lipinski definition) is 1. The monoisotopic (exact) mass is 183 g/mol. The van der Waals surface area contributed by atoms with Crippen LogP contribution in [0.1, 0.15) is 19.8 Å². The lowest BCUT2D eigenvalue weighted by atomic mass is 10.0. The highest BCUT2D eigenvalue weighted by Gasteiger charge is 2.27. The minimum Gasteiger partial charge on any atom is -0.368 e. The first kappa shape index (κ1) is 10.5. The second kappa shape index (κ2) is 4.61. The smallest absolute Gasteiger partial charge is 0.156 e. The Morgan fingerprint density at radius 1 is 1.62 bits per heavy atom. The van der Waals surface area contributed by atoms with Crippen LogP contribution in [0.4, 0.5) is 0 Å². The molecule has 1 fully saturated rings. The van der Waals surface area contributed by atoms with Crippen LogP contribution in [0.5, 0.6) is 0 Å². The summed E-state index contributed by atoms with van der Waals surface area (Å²) in [5.41, 5.74) is 0. The topological polar surface area (TPSA) is 32.7 Å². The lowest BCUT2D eigenvalue weighted by molar-refractivity contribution is -0.173. The molecular formula is C10H17NO2. The molecule has 3 atom stereocenters. The molecule has 3 nitrogen and oxygen atoms in total. The Morgan fingerprint density at radius 3 is 2.85 bits per heavy atom. The Kier molecular flexibility index (Phi) is 3.73. The third kappa shape index (κ3) is 3.00. The zero-order valence-corrected chi connectivity index (χ0v) is 8.23. The Morgan fingerprint density at radius 2 is 2.31 bits per heavy atom. The third-order valence-electron chi connectivity index (χ3n) is 2.43. The molecule has 1 aliphatic rings. The van der Waals surface area contributed by atoms with Crippen molar-refractivity contribution in [3.05, 3.63) is 0 Å². The minimum atomic E-state index is -0.631. The van der Waals surface area contributed by atoms with Gasteiger partial charge in [0.25, 0.3) is 0 Å². The number of aliphatic hydroxyl groups is 1. The highest BCUT2D eigenvalue weighted by Crippen LogP contribution is 2.21. The fourth-order valence-corrected chi connectivity index (χ4v) is 1.72. The zero-order chi connectivity index (χ0) is 9.84. The molecule has 1 N–H and O–H groups in total. The van der Waals surface area contributed by atoms with Gasteiger partial charge in [-0.25, -0.2) is 0 Å². The van der Waals surface area contributed by atoms with Gasteiger partial charge in [0.2, 0.25) is 0 Å². The lowest BCUT2D eigenvalue weighted by Crippen LogP contribution is -2.43. The van der Waals surface area contributed by atoms with Crippen molar-refractivity contribution in [2.75, 3.05) is 13.6 Å². The fraction of sp³-hybridized carbons (Fsp3) is 0.800. The van der Waals surface area contributed by atoms with E-state index in [2.05, 4.69) is 10.8 Å². The van der Waals surface area contributed by atoms with Crippen LogP contribution in [0.3, 0.4) is 0 Å². The molecule has 0 amide bonds. The SMILES string of the molecule is C#CCN(C)C1CC(C)OC(O)C1. The molecule has 1 saturated heterocycles. The molecule has 0 aromatic carbocycles. The second-order valence-corrected chi connectivity index (χ2v) is 3.65. The molecule has 13 heavy (non-hydrogen) atoms. The molecule has 3 unspecified atom stereocenters. The van der Waals surface area contributed by atoms with E-state index in [0.717, 1.165) is 6.42 Å². The second-order valence-electron chi connectivity index (χ2n) is 3.65. The molecule has 1 heterocycles. The summed E-state index contributed by atoms with van der Waals surface area (Å²) >= 11 is 0. The first-order chi connectivity index (χ1) is 6.13. The highest BCUT2D eigenvalue weighted by atomic mass is 16.6. The van der Waals surface area contributed by atoms with Gasteiger partial charge in [0, 0.05) is 12.5 Å². The summed E-state index contributed by atoms with van der Waals surface area (Å²) in [5, 5.41) is 9.37. The van der Waals surface area contributed by atoms with Gasteiger partial charge in [0.15, 0.2) is 6.29 Å². The Hall–Kier alpha value is -0.560. The normalized spacial score (nSPS) is 34.5. The predicted molar refractivity (Wildman–Crippen MR) is 51.0 cm³/mol. The average molecular weight is 183 g/mol. The summed E-state index contributed by atoms with van der Waals surface area (Å²) in [6.07, 6.45) is 6.30. The molecule has 3 heteroatoms. The maximum absolute atomic E-state index is 9.37. The molecule has 74 valence electrons. The molecule has 0 bridgehead atoms. The van der Waals surface area contributed by atoms with E-state index in [1.807, 2.05) is 14.0 Å². The van der Waals surface area contributed by atoms with Gasteiger partial charge in [-0.2, -0.15) is 0 Å². The van der Waals surface area contributed by atoms with Crippen molar-refractivity contribution in [2.45, 2.75) is 38.2 Å². The Bertz CT molecular complexity index is 190. The quantitative estimate of drug-likeness (QED) is 0.630. The van der Waals surface area contributed by atoms with E-state index >= 15 is 0 Å². The number of ether oxygens (including phenoxy) is 1. The third-order valence-corrected chi connectivity index (χ3v) is 2.43. The van der Waals surface area contributed by atoms with E-state index in [-0.39, 0.29) is 6.10 Å². The van der Waals surface area contributed by atoms with Crippen molar-refractivity contribution in [3.8, 4) is 12.3 Å². The molecule has 0 radical (unpaired) electrons. The summed E-state index contributed by atoms with van der Waals surface area (Å²) in [6, 6.07) is 0.342. The van der Waals surface area contributed by atoms with Gasteiger partial charge in [-0.05, 0) is 20.4 Å². The largest absolute Gasteiger partial charge is 0.368 e. The van der Waals surface area contributed by atoms with Crippen LogP contribution in [-0.2, 0) is 4.74 Å². The van der Waals surface area contributed by atoms with Gasteiger partial charge in [0.05, 0.1) is 12.6 Å².